The molecule has 0 unspecified atom stereocenters. The molecular formula is C27H48O4. The van der Waals surface area contributed by atoms with E-state index in [0.29, 0.717) is 26.4 Å². The standard InChI is InChI=1S/C27H48O4/c1-4-7-8-9-10-11-12-13-14-15-16-17-18-19-20-21-22-23-27(28)31-26(24-29-5-2)25-30-6-3/h18-23,26H,4-17,24-25H2,1-3H3/b19-18+,21-20+,23-22+. The van der Waals surface area contributed by atoms with Crippen LogP contribution in [0.25, 0.3) is 0 Å². The quantitative estimate of drug-likeness (QED) is 0.0770. The molecule has 0 bridgehead atoms. The first-order chi connectivity index (χ1) is 15.2. The topological polar surface area (TPSA) is 44.8 Å². The molecular weight excluding hydrogens is 388 g/mol. The Labute approximate surface area is 192 Å². The minimum absolute atomic E-state index is 0.355. The molecule has 0 saturated carbocycles. The van der Waals surface area contributed by atoms with Gasteiger partial charge in [0.25, 0.3) is 0 Å². The maximum atomic E-state index is 11.9. The zero-order valence-corrected chi connectivity index (χ0v) is 20.5. The summed E-state index contributed by atoms with van der Waals surface area (Å²) >= 11 is 0. The monoisotopic (exact) mass is 436 g/mol. The molecule has 0 aromatic heterocycles. The lowest BCUT2D eigenvalue weighted by Gasteiger charge is -2.16. The minimum Gasteiger partial charge on any atom is -0.454 e. The third-order valence-electron chi connectivity index (χ3n) is 4.97. The van der Waals surface area contributed by atoms with Crippen LogP contribution < -0.4 is 0 Å². The number of ether oxygens (including phenoxy) is 3. The summed E-state index contributed by atoms with van der Waals surface area (Å²) < 4.78 is 16.0. The predicted molar refractivity (Wildman–Crippen MR) is 131 cm³/mol. The highest BCUT2D eigenvalue weighted by molar-refractivity contribution is 5.82. The van der Waals surface area contributed by atoms with E-state index in [-0.39, 0.29) is 12.1 Å². The number of carbonyl (C=O) groups is 1. The van der Waals surface area contributed by atoms with Gasteiger partial charge in [0.2, 0.25) is 0 Å². The molecule has 0 radical (unpaired) electrons. The Morgan fingerprint density at radius 3 is 1.74 bits per heavy atom. The second kappa shape index (κ2) is 24.9. The molecule has 0 N–H and O–H groups in total. The van der Waals surface area contributed by atoms with Gasteiger partial charge in [-0.25, -0.2) is 4.79 Å². The van der Waals surface area contributed by atoms with E-state index >= 15 is 0 Å². The molecule has 4 nitrogen and oxygen atoms in total. The number of hydrogen-bond donors (Lipinski definition) is 0. The van der Waals surface area contributed by atoms with Gasteiger partial charge in [-0.3, -0.25) is 0 Å². The van der Waals surface area contributed by atoms with Crippen LogP contribution in [0.5, 0.6) is 0 Å². The predicted octanol–water partition coefficient (Wildman–Crippen LogP) is 7.34. The molecule has 180 valence electrons. The first-order valence-corrected chi connectivity index (χ1v) is 12.6. The van der Waals surface area contributed by atoms with Crippen molar-refractivity contribution in [1.29, 1.82) is 0 Å². The number of rotatable bonds is 22. The highest BCUT2D eigenvalue weighted by Crippen LogP contribution is 2.12. The van der Waals surface area contributed by atoms with E-state index in [0.717, 1.165) is 6.42 Å². The number of unbranched alkanes of at least 4 members (excludes halogenated alkanes) is 11. The average Bonchev–Trinajstić information content (AvgIpc) is 2.77. The van der Waals surface area contributed by atoms with Crippen LogP contribution in [0.2, 0.25) is 0 Å². The first kappa shape index (κ1) is 29.6. The lowest BCUT2D eigenvalue weighted by molar-refractivity contribution is -0.149. The summed E-state index contributed by atoms with van der Waals surface area (Å²) in [6.45, 7) is 7.98. The van der Waals surface area contributed by atoms with Crippen molar-refractivity contribution in [1.82, 2.24) is 0 Å². The van der Waals surface area contributed by atoms with Crippen LogP contribution in [-0.4, -0.2) is 38.5 Å². The van der Waals surface area contributed by atoms with E-state index in [4.69, 9.17) is 14.2 Å². The van der Waals surface area contributed by atoms with E-state index in [1.165, 1.54) is 76.7 Å². The van der Waals surface area contributed by atoms with Gasteiger partial charge in [0.05, 0.1) is 13.2 Å². The Hall–Kier alpha value is -1.39. The van der Waals surface area contributed by atoms with Crippen LogP contribution in [0.1, 0.15) is 97.8 Å². The molecule has 4 heteroatoms. The Morgan fingerprint density at radius 2 is 1.19 bits per heavy atom. The summed E-state index contributed by atoms with van der Waals surface area (Å²) in [5, 5.41) is 0. The highest BCUT2D eigenvalue weighted by Gasteiger charge is 2.12. The van der Waals surface area contributed by atoms with Gasteiger partial charge in [0.1, 0.15) is 6.10 Å². The van der Waals surface area contributed by atoms with E-state index in [1.807, 2.05) is 32.1 Å². The molecule has 0 heterocycles. The van der Waals surface area contributed by atoms with Crippen LogP contribution in [0.15, 0.2) is 36.5 Å². The summed E-state index contributed by atoms with van der Waals surface area (Å²) in [5.41, 5.74) is 0. The second-order valence-corrected chi connectivity index (χ2v) is 7.87. The molecule has 0 amide bonds. The SMILES string of the molecule is CCCCCCCCCCCCC/C=C/C=C/C=C/C(=O)OC(COCC)COCC. The van der Waals surface area contributed by atoms with Crippen molar-refractivity contribution in [3.8, 4) is 0 Å². The fourth-order valence-electron chi connectivity index (χ4n) is 3.18. The molecule has 31 heavy (non-hydrogen) atoms. The summed E-state index contributed by atoms with van der Waals surface area (Å²) in [6, 6.07) is 0. The summed E-state index contributed by atoms with van der Waals surface area (Å²) in [7, 11) is 0. The molecule has 0 rings (SSSR count). The highest BCUT2D eigenvalue weighted by atomic mass is 16.6. The molecule has 0 saturated heterocycles. The smallest absolute Gasteiger partial charge is 0.331 e. The van der Waals surface area contributed by atoms with Crippen LogP contribution in [0.4, 0.5) is 0 Å². The molecule has 0 atom stereocenters. The number of carbonyl (C=O) groups excluding carboxylic acids is 1. The van der Waals surface area contributed by atoms with Crippen LogP contribution in [-0.2, 0) is 19.0 Å². The van der Waals surface area contributed by atoms with E-state index in [2.05, 4.69) is 13.0 Å². The Balaban J connectivity index is 3.69. The van der Waals surface area contributed by atoms with Gasteiger partial charge in [-0.05, 0) is 26.7 Å². The molecule has 0 fully saturated rings. The Morgan fingerprint density at radius 1 is 0.677 bits per heavy atom. The number of esters is 1. The van der Waals surface area contributed by atoms with Crippen molar-refractivity contribution in [3.63, 3.8) is 0 Å². The maximum Gasteiger partial charge on any atom is 0.331 e. The fraction of sp³-hybridized carbons (Fsp3) is 0.741. The Kier molecular flexibility index (Phi) is 23.8. The van der Waals surface area contributed by atoms with Crippen molar-refractivity contribution >= 4 is 5.97 Å². The van der Waals surface area contributed by atoms with Gasteiger partial charge in [-0.2, -0.15) is 0 Å². The molecule has 0 aliphatic carbocycles. The van der Waals surface area contributed by atoms with Gasteiger partial charge >= 0.3 is 5.97 Å². The zero-order chi connectivity index (χ0) is 22.8. The number of hydrogen-bond acceptors (Lipinski definition) is 4. The average molecular weight is 437 g/mol. The van der Waals surface area contributed by atoms with Crippen LogP contribution in [0, 0.1) is 0 Å². The summed E-state index contributed by atoms with van der Waals surface area (Å²) in [6.07, 6.45) is 27.0. The molecule has 0 aliphatic heterocycles. The second-order valence-electron chi connectivity index (χ2n) is 7.87. The van der Waals surface area contributed by atoms with Gasteiger partial charge < -0.3 is 14.2 Å². The minimum atomic E-state index is -0.376. The van der Waals surface area contributed by atoms with Gasteiger partial charge in [-0.1, -0.05) is 102 Å². The van der Waals surface area contributed by atoms with Gasteiger partial charge in [0.15, 0.2) is 0 Å². The van der Waals surface area contributed by atoms with Crippen molar-refractivity contribution in [2.24, 2.45) is 0 Å². The van der Waals surface area contributed by atoms with E-state index in [1.54, 1.807) is 6.08 Å². The number of allylic oxidation sites excluding steroid dienone is 5. The Bertz CT molecular complexity index is 460. The van der Waals surface area contributed by atoms with Crippen molar-refractivity contribution in [2.45, 2.75) is 104 Å². The summed E-state index contributed by atoms with van der Waals surface area (Å²) in [5.74, 6) is -0.376. The molecule has 0 aromatic carbocycles. The zero-order valence-electron chi connectivity index (χ0n) is 20.5. The van der Waals surface area contributed by atoms with Crippen molar-refractivity contribution < 1.29 is 19.0 Å². The lowest BCUT2D eigenvalue weighted by Crippen LogP contribution is -2.28. The molecule has 0 aliphatic rings. The molecule has 0 spiro atoms. The van der Waals surface area contributed by atoms with E-state index in [9.17, 15) is 4.79 Å². The van der Waals surface area contributed by atoms with Crippen LogP contribution >= 0.6 is 0 Å². The first-order valence-electron chi connectivity index (χ1n) is 12.6. The summed E-state index contributed by atoms with van der Waals surface area (Å²) in [4.78, 5) is 11.9. The normalized spacial score (nSPS) is 12.1. The van der Waals surface area contributed by atoms with Crippen LogP contribution in [0.3, 0.4) is 0 Å². The maximum absolute atomic E-state index is 11.9. The van der Waals surface area contributed by atoms with E-state index < -0.39 is 0 Å². The van der Waals surface area contributed by atoms with Crippen molar-refractivity contribution in [2.75, 3.05) is 26.4 Å². The third-order valence-corrected chi connectivity index (χ3v) is 4.97. The van der Waals surface area contributed by atoms with Gasteiger partial charge in [-0.15, -0.1) is 0 Å². The fourth-order valence-corrected chi connectivity index (χ4v) is 3.18. The largest absolute Gasteiger partial charge is 0.454 e. The lowest BCUT2D eigenvalue weighted by atomic mass is 10.1. The molecule has 0 aromatic rings. The van der Waals surface area contributed by atoms with Crippen molar-refractivity contribution in [3.05, 3.63) is 36.5 Å². The third kappa shape index (κ3) is 23.1. The van der Waals surface area contributed by atoms with Gasteiger partial charge in [0, 0.05) is 19.3 Å².